The molecule has 124 valence electrons. The number of thioether (sulfide) groups is 1. The monoisotopic (exact) mass is 343 g/mol. The zero-order chi connectivity index (χ0) is 17.1. The molecule has 0 aliphatic carbocycles. The first kappa shape index (κ1) is 16.5. The average molecular weight is 343 g/mol. The molecule has 0 aliphatic heterocycles. The Labute approximate surface area is 144 Å². The molecule has 6 heteroatoms. The van der Waals surface area contributed by atoms with E-state index >= 15 is 0 Å². The van der Waals surface area contributed by atoms with Crippen LogP contribution in [-0.4, -0.2) is 33.2 Å². The molecule has 4 nitrogen and oxygen atoms in total. The fourth-order valence-electron chi connectivity index (χ4n) is 2.44. The summed E-state index contributed by atoms with van der Waals surface area (Å²) in [5.41, 5.74) is 2.88. The second kappa shape index (κ2) is 7.05. The van der Waals surface area contributed by atoms with Gasteiger partial charge < -0.3 is 9.47 Å². The summed E-state index contributed by atoms with van der Waals surface area (Å²) in [6.45, 7) is 0.461. The van der Waals surface area contributed by atoms with Gasteiger partial charge in [-0.05, 0) is 29.8 Å². The highest BCUT2D eigenvalue weighted by Crippen LogP contribution is 2.22. The number of benzene rings is 2. The molecule has 2 aromatic carbocycles. The molecule has 0 fully saturated rings. The number of carbonyl (C=O) groups excluding carboxylic acids is 1. The van der Waals surface area contributed by atoms with Crippen LogP contribution in [0.25, 0.3) is 11.0 Å². The van der Waals surface area contributed by atoms with E-state index in [1.165, 1.54) is 23.9 Å². The number of hydrogen-bond donors (Lipinski definition) is 0. The van der Waals surface area contributed by atoms with E-state index in [4.69, 9.17) is 0 Å². The number of imidazole rings is 1. The van der Waals surface area contributed by atoms with Crippen LogP contribution < -0.4 is 0 Å². The maximum absolute atomic E-state index is 12.9. The minimum Gasteiger partial charge on any atom is -0.341 e. The standard InChI is InChI=1S/C18H18FN3OS/c1-21(11-13-7-9-14(19)10-8-13)17(23)12-24-18-20-15-5-3-4-6-16(15)22(18)2/h3-10H,11-12H2,1-2H3. The highest BCUT2D eigenvalue weighted by Gasteiger charge is 2.13. The van der Waals surface area contributed by atoms with Crippen LogP contribution in [0.1, 0.15) is 5.56 Å². The van der Waals surface area contributed by atoms with Crippen LogP contribution in [0.15, 0.2) is 53.7 Å². The minimum absolute atomic E-state index is 0.0105. The summed E-state index contributed by atoms with van der Waals surface area (Å²) in [5.74, 6) is 0.0519. The van der Waals surface area contributed by atoms with Gasteiger partial charge in [-0.25, -0.2) is 9.37 Å². The van der Waals surface area contributed by atoms with Gasteiger partial charge in [0.2, 0.25) is 5.91 Å². The van der Waals surface area contributed by atoms with Crippen molar-refractivity contribution < 1.29 is 9.18 Å². The van der Waals surface area contributed by atoms with Gasteiger partial charge in [-0.3, -0.25) is 4.79 Å². The Morgan fingerprint density at radius 3 is 2.62 bits per heavy atom. The third kappa shape index (κ3) is 3.59. The molecule has 3 rings (SSSR count). The lowest BCUT2D eigenvalue weighted by atomic mass is 10.2. The van der Waals surface area contributed by atoms with Gasteiger partial charge in [0, 0.05) is 20.6 Å². The molecule has 0 radical (unpaired) electrons. The van der Waals surface area contributed by atoms with E-state index in [0.717, 1.165) is 21.8 Å². The SMILES string of the molecule is CN(Cc1ccc(F)cc1)C(=O)CSc1nc2ccccc2n1C. The van der Waals surface area contributed by atoms with Gasteiger partial charge in [-0.15, -0.1) is 0 Å². The first-order valence-corrected chi connectivity index (χ1v) is 8.56. The first-order chi connectivity index (χ1) is 11.5. The van der Waals surface area contributed by atoms with Gasteiger partial charge >= 0.3 is 0 Å². The second-order valence-electron chi connectivity index (χ2n) is 5.61. The quantitative estimate of drug-likeness (QED) is 0.666. The zero-order valence-corrected chi connectivity index (χ0v) is 14.4. The summed E-state index contributed by atoms with van der Waals surface area (Å²) in [6.07, 6.45) is 0. The van der Waals surface area contributed by atoms with Crippen LogP contribution >= 0.6 is 11.8 Å². The van der Waals surface area contributed by atoms with Crippen LogP contribution in [0.3, 0.4) is 0 Å². The van der Waals surface area contributed by atoms with Crippen molar-refractivity contribution in [2.45, 2.75) is 11.7 Å². The molecule has 1 amide bonds. The van der Waals surface area contributed by atoms with E-state index in [9.17, 15) is 9.18 Å². The number of para-hydroxylation sites is 2. The second-order valence-corrected chi connectivity index (χ2v) is 6.55. The van der Waals surface area contributed by atoms with Crippen molar-refractivity contribution in [2.75, 3.05) is 12.8 Å². The van der Waals surface area contributed by atoms with Crippen LogP contribution in [0.2, 0.25) is 0 Å². The van der Waals surface area contributed by atoms with Crippen molar-refractivity contribution in [3.05, 3.63) is 59.9 Å². The van der Waals surface area contributed by atoms with E-state index in [0.29, 0.717) is 12.3 Å². The molecule has 1 aromatic heterocycles. The summed E-state index contributed by atoms with van der Waals surface area (Å²) in [4.78, 5) is 18.5. The Balaban J connectivity index is 1.61. The maximum atomic E-state index is 12.9. The number of carbonyl (C=O) groups is 1. The van der Waals surface area contributed by atoms with Gasteiger partial charge in [0.1, 0.15) is 5.82 Å². The third-order valence-corrected chi connectivity index (χ3v) is 4.84. The molecular weight excluding hydrogens is 325 g/mol. The fourth-order valence-corrected chi connectivity index (χ4v) is 3.37. The lowest BCUT2D eigenvalue weighted by Crippen LogP contribution is -2.27. The molecule has 24 heavy (non-hydrogen) atoms. The molecule has 1 heterocycles. The van der Waals surface area contributed by atoms with Gasteiger partial charge in [0.05, 0.1) is 16.8 Å². The van der Waals surface area contributed by atoms with Gasteiger partial charge in [0.15, 0.2) is 5.16 Å². The number of amides is 1. The number of rotatable bonds is 5. The Morgan fingerprint density at radius 2 is 1.92 bits per heavy atom. The normalized spacial score (nSPS) is 11.0. The molecule has 0 N–H and O–H groups in total. The predicted octanol–water partition coefficient (Wildman–Crippen LogP) is 3.46. The molecule has 3 aromatic rings. The van der Waals surface area contributed by atoms with Crippen LogP contribution in [0.5, 0.6) is 0 Å². The van der Waals surface area contributed by atoms with Gasteiger partial charge in [0.25, 0.3) is 0 Å². The predicted molar refractivity (Wildman–Crippen MR) is 94.3 cm³/mol. The van der Waals surface area contributed by atoms with Crippen LogP contribution in [0.4, 0.5) is 4.39 Å². The lowest BCUT2D eigenvalue weighted by Gasteiger charge is -2.17. The summed E-state index contributed by atoms with van der Waals surface area (Å²) < 4.78 is 14.9. The Morgan fingerprint density at radius 1 is 1.21 bits per heavy atom. The van der Waals surface area contributed by atoms with Crippen molar-refractivity contribution in [3.63, 3.8) is 0 Å². The highest BCUT2D eigenvalue weighted by atomic mass is 32.2. The largest absolute Gasteiger partial charge is 0.341 e. The zero-order valence-electron chi connectivity index (χ0n) is 13.6. The van der Waals surface area contributed by atoms with Gasteiger partial charge in [-0.2, -0.15) is 0 Å². The van der Waals surface area contributed by atoms with E-state index in [-0.39, 0.29) is 11.7 Å². The topological polar surface area (TPSA) is 38.1 Å². The molecular formula is C18H18FN3OS. The van der Waals surface area contributed by atoms with Crippen molar-refractivity contribution in [2.24, 2.45) is 7.05 Å². The lowest BCUT2D eigenvalue weighted by molar-refractivity contribution is -0.127. The molecule has 0 saturated heterocycles. The maximum Gasteiger partial charge on any atom is 0.233 e. The summed E-state index contributed by atoms with van der Waals surface area (Å²) in [7, 11) is 3.70. The van der Waals surface area contributed by atoms with Crippen LogP contribution in [-0.2, 0) is 18.4 Å². The van der Waals surface area contributed by atoms with E-state index in [1.807, 2.05) is 35.9 Å². The molecule has 0 bridgehead atoms. The number of hydrogen-bond acceptors (Lipinski definition) is 3. The number of halogens is 1. The minimum atomic E-state index is -0.273. The summed E-state index contributed by atoms with van der Waals surface area (Å²) in [6, 6.07) is 14.1. The van der Waals surface area contributed by atoms with E-state index in [1.54, 1.807) is 24.1 Å². The highest BCUT2D eigenvalue weighted by molar-refractivity contribution is 7.99. The molecule has 0 saturated carbocycles. The van der Waals surface area contributed by atoms with Crippen molar-refractivity contribution >= 4 is 28.7 Å². The number of fused-ring (bicyclic) bond motifs is 1. The fraction of sp³-hybridized carbons (Fsp3) is 0.222. The number of nitrogens with zero attached hydrogens (tertiary/aromatic N) is 3. The first-order valence-electron chi connectivity index (χ1n) is 7.57. The number of aryl methyl sites for hydroxylation is 1. The van der Waals surface area contributed by atoms with Crippen molar-refractivity contribution in [1.29, 1.82) is 0 Å². The Hall–Kier alpha value is -2.34. The Bertz CT molecular complexity index is 860. The Kier molecular flexibility index (Phi) is 4.85. The molecule has 0 atom stereocenters. The van der Waals surface area contributed by atoms with Crippen molar-refractivity contribution in [1.82, 2.24) is 14.5 Å². The molecule has 0 aliphatic rings. The van der Waals surface area contributed by atoms with Crippen molar-refractivity contribution in [3.8, 4) is 0 Å². The average Bonchev–Trinajstić information content (AvgIpc) is 2.91. The van der Waals surface area contributed by atoms with Crippen LogP contribution in [0, 0.1) is 5.82 Å². The third-order valence-electron chi connectivity index (χ3n) is 3.83. The number of aromatic nitrogens is 2. The summed E-state index contributed by atoms with van der Waals surface area (Å²) >= 11 is 1.42. The smallest absolute Gasteiger partial charge is 0.233 e. The van der Waals surface area contributed by atoms with E-state index in [2.05, 4.69) is 4.98 Å². The molecule has 0 unspecified atom stereocenters. The van der Waals surface area contributed by atoms with Gasteiger partial charge in [-0.1, -0.05) is 36.0 Å². The molecule has 0 spiro atoms. The van der Waals surface area contributed by atoms with E-state index < -0.39 is 0 Å². The summed E-state index contributed by atoms with van der Waals surface area (Å²) in [5, 5.41) is 0.819.